The molecule has 3 nitrogen and oxygen atoms in total. The fourth-order valence-corrected chi connectivity index (χ4v) is 3.93. The van der Waals surface area contributed by atoms with Gasteiger partial charge in [-0.1, -0.05) is 31.3 Å². The SMILES string of the molecule is COc1ccc(C(=O)c2cc(C)cc([Si](C)(C)C)c2O)cc1. The van der Waals surface area contributed by atoms with Crippen molar-refractivity contribution in [3.05, 3.63) is 53.1 Å². The Labute approximate surface area is 132 Å². The van der Waals surface area contributed by atoms with Crippen molar-refractivity contribution in [3.63, 3.8) is 0 Å². The van der Waals surface area contributed by atoms with Gasteiger partial charge in [-0.25, -0.2) is 0 Å². The van der Waals surface area contributed by atoms with Crippen molar-refractivity contribution < 1.29 is 14.6 Å². The Morgan fingerprint density at radius 3 is 2.18 bits per heavy atom. The van der Waals surface area contributed by atoms with E-state index in [2.05, 4.69) is 19.6 Å². The first-order chi connectivity index (χ1) is 10.2. The molecule has 2 aromatic carbocycles. The first-order valence-corrected chi connectivity index (χ1v) is 10.8. The van der Waals surface area contributed by atoms with Gasteiger partial charge in [0.25, 0.3) is 0 Å². The van der Waals surface area contributed by atoms with Crippen LogP contribution < -0.4 is 9.92 Å². The zero-order valence-electron chi connectivity index (χ0n) is 13.7. The second-order valence-electron chi connectivity index (χ2n) is 6.52. The lowest BCUT2D eigenvalue weighted by molar-refractivity contribution is 0.103. The molecule has 0 radical (unpaired) electrons. The first kappa shape index (κ1) is 16.3. The van der Waals surface area contributed by atoms with Crippen LogP contribution in [0.25, 0.3) is 0 Å². The Kier molecular flexibility index (Phi) is 4.42. The molecule has 0 atom stereocenters. The molecule has 4 heteroatoms. The Bertz CT molecular complexity index is 698. The van der Waals surface area contributed by atoms with Crippen LogP contribution in [0, 0.1) is 6.92 Å². The van der Waals surface area contributed by atoms with Gasteiger partial charge in [-0.3, -0.25) is 4.79 Å². The Hall–Kier alpha value is -2.07. The summed E-state index contributed by atoms with van der Waals surface area (Å²) < 4.78 is 5.11. The lowest BCUT2D eigenvalue weighted by atomic mass is 10.0. The predicted octanol–water partition coefficient (Wildman–Crippen LogP) is 3.49. The molecule has 116 valence electrons. The number of hydrogen-bond donors (Lipinski definition) is 1. The lowest BCUT2D eigenvalue weighted by Crippen LogP contribution is -2.38. The van der Waals surface area contributed by atoms with Crippen LogP contribution in [0.4, 0.5) is 0 Å². The average molecular weight is 314 g/mol. The number of carbonyl (C=O) groups excluding carboxylic acids is 1. The Morgan fingerprint density at radius 2 is 1.68 bits per heavy atom. The van der Waals surface area contributed by atoms with E-state index in [1.54, 1.807) is 37.4 Å². The summed E-state index contributed by atoms with van der Waals surface area (Å²) in [6.45, 7) is 8.42. The fourth-order valence-electron chi connectivity index (χ4n) is 2.42. The third-order valence-electron chi connectivity index (χ3n) is 3.66. The average Bonchev–Trinajstić information content (AvgIpc) is 2.47. The molecule has 0 heterocycles. The van der Waals surface area contributed by atoms with Crippen molar-refractivity contribution in [2.45, 2.75) is 26.6 Å². The maximum Gasteiger partial charge on any atom is 0.196 e. The lowest BCUT2D eigenvalue weighted by Gasteiger charge is -2.20. The fraction of sp³-hybridized carbons (Fsp3) is 0.278. The van der Waals surface area contributed by atoms with Crippen molar-refractivity contribution in [3.8, 4) is 11.5 Å². The number of phenols is 1. The minimum atomic E-state index is -1.72. The summed E-state index contributed by atoms with van der Waals surface area (Å²) in [7, 11) is -0.138. The second-order valence-corrected chi connectivity index (χ2v) is 11.6. The van der Waals surface area contributed by atoms with Crippen molar-refractivity contribution in [1.82, 2.24) is 0 Å². The van der Waals surface area contributed by atoms with Crippen LogP contribution in [0.2, 0.25) is 19.6 Å². The summed E-state index contributed by atoms with van der Waals surface area (Å²) in [5.74, 6) is 0.668. The van der Waals surface area contributed by atoms with Gasteiger partial charge < -0.3 is 9.84 Å². The predicted molar refractivity (Wildman–Crippen MR) is 92.3 cm³/mol. The highest BCUT2D eigenvalue weighted by atomic mass is 28.3. The zero-order chi connectivity index (χ0) is 16.5. The molecule has 2 rings (SSSR count). The summed E-state index contributed by atoms with van der Waals surface area (Å²) in [5, 5.41) is 11.5. The molecule has 0 saturated heterocycles. The number of rotatable bonds is 4. The molecule has 0 aromatic heterocycles. The Balaban J connectivity index is 2.51. The third-order valence-corrected chi connectivity index (χ3v) is 5.66. The highest BCUT2D eigenvalue weighted by Gasteiger charge is 2.25. The van der Waals surface area contributed by atoms with Crippen LogP contribution in [0.3, 0.4) is 0 Å². The summed E-state index contributed by atoms with van der Waals surface area (Å²) in [5.41, 5.74) is 1.91. The van der Waals surface area contributed by atoms with Crippen molar-refractivity contribution in [1.29, 1.82) is 0 Å². The van der Waals surface area contributed by atoms with E-state index >= 15 is 0 Å². The molecule has 0 amide bonds. The number of phenolic OH excluding ortho intramolecular Hbond substituents is 1. The molecule has 22 heavy (non-hydrogen) atoms. The van der Waals surface area contributed by atoms with Gasteiger partial charge in [-0.2, -0.15) is 0 Å². The van der Waals surface area contributed by atoms with E-state index in [0.717, 1.165) is 10.8 Å². The number of benzene rings is 2. The van der Waals surface area contributed by atoms with Crippen molar-refractivity contribution >= 4 is 19.0 Å². The second kappa shape index (κ2) is 5.97. The molecule has 0 aliphatic rings. The minimum absolute atomic E-state index is 0.130. The molecule has 1 N–H and O–H groups in total. The van der Waals surface area contributed by atoms with Crippen LogP contribution >= 0.6 is 0 Å². The molecule has 2 aromatic rings. The molecule has 0 bridgehead atoms. The Morgan fingerprint density at radius 1 is 1.09 bits per heavy atom. The van der Waals surface area contributed by atoms with Crippen LogP contribution in [-0.2, 0) is 0 Å². The normalized spacial score (nSPS) is 11.3. The summed E-state index contributed by atoms with van der Waals surface area (Å²) in [6.07, 6.45) is 0. The molecular formula is C18H22O3Si. The monoisotopic (exact) mass is 314 g/mol. The van der Waals surface area contributed by atoms with E-state index in [9.17, 15) is 9.90 Å². The van der Waals surface area contributed by atoms with Gasteiger partial charge in [0.2, 0.25) is 0 Å². The van der Waals surface area contributed by atoms with E-state index in [1.807, 2.05) is 13.0 Å². The molecule has 0 saturated carbocycles. The summed E-state index contributed by atoms with van der Waals surface area (Å²) in [6, 6.07) is 10.7. The van der Waals surface area contributed by atoms with Gasteiger partial charge in [-0.05, 0) is 42.4 Å². The molecule has 0 unspecified atom stereocenters. The summed E-state index contributed by atoms with van der Waals surface area (Å²) in [4.78, 5) is 12.7. The third kappa shape index (κ3) is 3.22. The highest BCUT2D eigenvalue weighted by molar-refractivity contribution is 6.89. The largest absolute Gasteiger partial charge is 0.507 e. The van der Waals surface area contributed by atoms with Gasteiger partial charge in [0.05, 0.1) is 20.7 Å². The maximum atomic E-state index is 12.7. The number of carbonyl (C=O) groups is 1. The zero-order valence-corrected chi connectivity index (χ0v) is 14.7. The maximum absolute atomic E-state index is 12.7. The minimum Gasteiger partial charge on any atom is -0.507 e. The van der Waals surface area contributed by atoms with Crippen molar-refractivity contribution in [2.75, 3.05) is 7.11 Å². The van der Waals surface area contributed by atoms with Gasteiger partial charge >= 0.3 is 0 Å². The van der Waals surface area contributed by atoms with E-state index in [0.29, 0.717) is 16.9 Å². The van der Waals surface area contributed by atoms with Crippen molar-refractivity contribution in [2.24, 2.45) is 0 Å². The van der Waals surface area contributed by atoms with E-state index in [4.69, 9.17) is 4.74 Å². The molecule has 0 spiro atoms. The molecule has 0 aliphatic heterocycles. The smallest absolute Gasteiger partial charge is 0.196 e. The van der Waals surface area contributed by atoms with Crippen LogP contribution in [0.1, 0.15) is 21.5 Å². The number of ketones is 1. The van der Waals surface area contributed by atoms with Gasteiger partial charge in [0.15, 0.2) is 5.78 Å². The first-order valence-electron chi connectivity index (χ1n) is 7.27. The number of hydrogen-bond acceptors (Lipinski definition) is 3. The van der Waals surface area contributed by atoms with Crippen LogP contribution in [0.5, 0.6) is 11.5 Å². The highest BCUT2D eigenvalue weighted by Crippen LogP contribution is 2.24. The van der Waals surface area contributed by atoms with Gasteiger partial charge in [0, 0.05) is 5.56 Å². The van der Waals surface area contributed by atoms with E-state index in [1.165, 1.54) is 0 Å². The van der Waals surface area contributed by atoms with E-state index < -0.39 is 8.07 Å². The number of methoxy groups -OCH3 is 1. The molecule has 0 fully saturated rings. The molecular weight excluding hydrogens is 292 g/mol. The standard InChI is InChI=1S/C18H22O3Si/c1-12-10-15(18(20)16(11-12)22(3,4)5)17(19)13-6-8-14(21-2)9-7-13/h6-11,20H,1-5H3. The van der Waals surface area contributed by atoms with Crippen LogP contribution in [0.15, 0.2) is 36.4 Å². The van der Waals surface area contributed by atoms with Gasteiger partial charge in [0.1, 0.15) is 11.5 Å². The van der Waals surface area contributed by atoms with Gasteiger partial charge in [-0.15, -0.1) is 0 Å². The number of aromatic hydroxyl groups is 1. The molecule has 0 aliphatic carbocycles. The van der Waals surface area contributed by atoms with Crippen LogP contribution in [-0.4, -0.2) is 26.1 Å². The topological polar surface area (TPSA) is 46.5 Å². The number of aryl methyl sites for hydroxylation is 1. The quantitative estimate of drug-likeness (QED) is 0.694. The number of ether oxygens (including phenoxy) is 1. The summed E-state index contributed by atoms with van der Waals surface area (Å²) >= 11 is 0. The van der Waals surface area contributed by atoms with E-state index in [-0.39, 0.29) is 11.5 Å².